The molecule has 8 saturated heterocycles. The molecule has 0 aliphatic carbocycles. The maximum atomic E-state index is 9.76. The summed E-state index contributed by atoms with van der Waals surface area (Å²) in [5.41, 5.74) is 0. The minimum absolute atomic E-state index is 0.0869. The molecule has 106 heavy (non-hydrogen) atoms. The van der Waals surface area contributed by atoms with Crippen LogP contribution in [0.15, 0.2) is 0 Å². The average Bonchev–Trinajstić information content (AvgIpc) is 1.47. The zero-order chi connectivity index (χ0) is 82.8. The summed E-state index contributed by atoms with van der Waals surface area (Å²) in [4.78, 5) is 9.76. The fourth-order valence-corrected chi connectivity index (χ4v) is 9.15. The van der Waals surface area contributed by atoms with Crippen LogP contribution in [0.2, 0.25) is 0 Å². The predicted molar refractivity (Wildman–Crippen MR) is 319 cm³/mol. The molecule has 44 N–H and O–H groups in total. The Morgan fingerprint density at radius 3 is 0.783 bits per heavy atom. The second-order valence-electron chi connectivity index (χ2n) is 23.9. The number of carbonyl (C=O) groups excluding carboxylic acids is 1. The first-order valence-electron chi connectivity index (χ1n) is 31.1. The molecule has 27 unspecified atom stereocenters. The molecule has 0 spiro atoms. The smallest absolute Gasteiger partial charge is 0.219 e. The van der Waals surface area contributed by atoms with Crippen molar-refractivity contribution in [1.29, 1.82) is 0 Å². The van der Waals surface area contributed by atoms with Gasteiger partial charge in [-0.25, -0.2) is 0 Å². The van der Waals surface area contributed by atoms with E-state index in [1.165, 1.54) is 0 Å². The Morgan fingerprint density at radius 2 is 0.575 bits per heavy atom. The van der Waals surface area contributed by atoms with Crippen molar-refractivity contribution in [2.75, 3.05) is 85.9 Å². The summed E-state index contributed by atoms with van der Waals surface area (Å²) in [6, 6.07) is 0. The third-order valence-corrected chi connectivity index (χ3v) is 16.2. The topological polar surface area (TPSA) is 981 Å². The van der Waals surface area contributed by atoms with Gasteiger partial charge in [-0.1, -0.05) is 0 Å². The lowest BCUT2D eigenvalue weighted by atomic mass is 9.98. The van der Waals surface area contributed by atoms with Crippen LogP contribution in [0, 0.1) is 0 Å². The van der Waals surface area contributed by atoms with Gasteiger partial charge in [0, 0.05) is 0 Å². The van der Waals surface area contributed by atoms with E-state index in [0.717, 1.165) is 0 Å². The van der Waals surface area contributed by atoms with Gasteiger partial charge >= 0.3 is 0 Å². The van der Waals surface area contributed by atoms with Crippen molar-refractivity contribution in [2.45, 2.75) is 238 Å². The quantitative estimate of drug-likeness (QED) is 0.0638. The number of ether oxygens (including phenoxy) is 8. The first-order chi connectivity index (χ1) is 49.0. The second-order valence-corrected chi connectivity index (χ2v) is 23.9. The molecule has 39 atom stereocenters. The third kappa shape index (κ3) is 28.0. The molecule has 0 aromatic heterocycles. The van der Waals surface area contributed by atoms with Gasteiger partial charge in [0.2, 0.25) is 23.1 Å². The number of aliphatic hydroxyl groups is 44. The van der Waals surface area contributed by atoms with Gasteiger partial charge in [0.25, 0.3) is 0 Å². The van der Waals surface area contributed by atoms with Crippen molar-refractivity contribution in [3.63, 3.8) is 0 Å². The largest absolute Gasteiger partial charge is 0.394 e. The lowest BCUT2D eigenvalue weighted by molar-refractivity contribution is -0.331. The van der Waals surface area contributed by atoms with Crippen molar-refractivity contribution >= 4 is 6.29 Å². The predicted octanol–water partition coefficient (Wildman–Crippen LogP) is -28.5. The summed E-state index contributed by atoms with van der Waals surface area (Å²) in [6.45, 7) is -7.97. The molecule has 53 heteroatoms. The normalized spacial score (nSPS) is 45.2. The SMILES string of the molecule is O=CC(O)C(O)C(O)CO.OCC(O)C1OC(O)C(O)C1O.OCC(O)C1OC(O)C(O)C1O.OCC1OC(O)C(O)C(O)C1O.OCC1OC(O)C(O)C(O)C1O.OC[C@@]1(O)OC[C@@H](O)[C@H](O)C1O.OC[C@H]1O[C@@](O)(CO)C(O)[C@H]1O.OC[C@H]1O[C@](O)(CO)C(O)[C@H]1O.OC[C@]1(O)OC[C@@H](O)[C@H](O)C1O. The molecular formula is C53H106O53. The van der Waals surface area contributed by atoms with E-state index in [2.05, 4.69) is 37.9 Å². The van der Waals surface area contributed by atoms with Crippen LogP contribution in [0.1, 0.15) is 0 Å². The molecule has 0 amide bonds. The van der Waals surface area contributed by atoms with E-state index >= 15 is 0 Å². The summed E-state index contributed by atoms with van der Waals surface area (Å²) in [5.74, 6) is -8.66. The average molecular weight is 1590 g/mol. The highest BCUT2D eigenvalue weighted by molar-refractivity contribution is 5.56. The van der Waals surface area contributed by atoms with Gasteiger partial charge < -0.3 is 267 Å². The molecule has 0 saturated carbocycles. The highest BCUT2D eigenvalue weighted by Crippen LogP contribution is 2.31. The first kappa shape index (κ1) is 104. The maximum absolute atomic E-state index is 9.76. The van der Waals surface area contributed by atoms with E-state index in [9.17, 15) is 25.2 Å². The van der Waals surface area contributed by atoms with E-state index in [4.69, 9.17) is 204 Å². The summed E-state index contributed by atoms with van der Waals surface area (Å²) in [6.07, 6.45) is -49.2. The van der Waals surface area contributed by atoms with E-state index in [-0.39, 0.29) is 19.5 Å². The van der Waals surface area contributed by atoms with E-state index in [1.807, 2.05) is 0 Å². The lowest BCUT2D eigenvalue weighted by Crippen LogP contribution is -2.62. The minimum Gasteiger partial charge on any atom is -0.394 e. The molecule has 8 heterocycles. The molecule has 0 aromatic rings. The molecule has 8 fully saturated rings. The maximum Gasteiger partial charge on any atom is 0.219 e. The highest BCUT2D eigenvalue weighted by atomic mass is 16.7. The summed E-state index contributed by atoms with van der Waals surface area (Å²) in [7, 11) is 0. The van der Waals surface area contributed by atoms with Crippen LogP contribution < -0.4 is 0 Å². The van der Waals surface area contributed by atoms with Crippen LogP contribution in [0.4, 0.5) is 0 Å². The van der Waals surface area contributed by atoms with Crippen LogP contribution in [-0.4, -0.2) is 554 Å². The fourth-order valence-electron chi connectivity index (χ4n) is 9.15. The molecule has 8 aliphatic heterocycles. The highest BCUT2D eigenvalue weighted by Gasteiger charge is 2.55. The van der Waals surface area contributed by atoms with Crippen molar-refractivity contribution in [1.82, 2.24) is 0 Å². The third-order valence-electron chi connectivity index (χ3n) is 16.2. The van der Waals surface area contributed by atoms with Crippen molar-refractivity contribution in [3.8, 4) is 0 Å². The number of hydrogen-bond donors (Lipinski definition) is 44. The monoisotopic (exact) mass is 1590 g/mol. The van der Waals surface area contributed by atoms with Crippen LogP contribution >= 0.6 is 0 Å². The Balaban J connectivity index is 0.00000117. The van der Waals surface area contributed by atoms with Gasteiger partial charge in [0.15, 0.2) is 31.4 Å². The number of rotatable bonds is 16. The molecule has 53 nitrogen and oxygen atoms in total. The molecule has 0 aromatic carbocycles. The zero-order valence-electron chi connectivity index (χ0n) is 55.3. The molecule has 8 rings (SSSR count). The second kappa shape index (κ2) is 48.0. The van der Waals surface area contributed by atoms with E-state index in [0.29, 0.717) is 0 Å². The van der Waals surface area contributed by atoms with Gasteiger partial charge in [-0.05, 0) is 0 Å². The van der Waals surface area contributed by atoms with Crippen molar-refractivity contribution < 1.29 is 267 Å². The Kier molecular flexibility index (Phi) is 46.9. The molecule has 636 valence electrons. The number of hydrogen-bond acceptors (Lipinski definition) is 53. The van der Waals surface area contributed by atoms with Crippen LogP contribution in [-0.2, 0) is 42.7 Å². The van der Waals surface area contributed by atoms with Gasteiger partial charge in [-0.3, -0.25) is 0 Å². The molecule has 8 aliphatic rings. The van der Waals surface area contributed by atoms with Crippen molar-refractivity contribution in [2.24, 2.45) is 0 Å². The fraction of sp³-hybridized carbons (Fsp3) is 0.981. The Bertz CT molecular complexity index is 2150. The van der Waals surface area contributed by atoms with Crippen LogP contribution in [0.25, 0.3) is 0 Å². The van der Waals surface area contributed by atoms with Crippen LogP contribution in [0.5, 0.6) is 0 Å². The van der Waals surface area contributed by atoms with Gasteiger partial charge in [0.05, 0.1) is 85.9 Å². The first-order valence-corrected chi connectivity index (χ1v) is 31.1. The molecule has 0 radical (unpaired) electrons. The molecular weight excluding hydrogens is 1480 g/mol. The Labute approximate surface area is 596 Å². The standard InChI is InChI=1S/8C6H12O6.C5H10O5/c2*7-2-6(11)5(10)4(9)3(8)1-12-6;2*7-1-3-4(9)5(10)6(11,2-8)12-3;2*7-1-2(8)5-3(9)4(10)6(11)12-5;2*7-1-2-3(8)4(9)5(10)6(11)12-2;6-1-3(8)5(10)4(9)2-7/h4*3-5,7-11H,1-2H2;4*2-11H,1H2;1,3-5,7-10H,2H2/t3-,4+,5?,6+;3-,4+,5?,6-;3-,4+,5?,6+;3-,4+,5?,6-;;;;;/m1111...../s1. The van der Waals surface area contributed by atoms with Gasteiger partial charge in [0.1, 0.15) is 189 Å². The summed E-state index contributed by atoms with van der Waals surface area (Å²) in [5, 5.41) is 392. The summed E-state index contributed by atoms with van der Waals surface area (Å²) < 4.78 is 36.7. The molecule has 0 bridgehead atoms. The van der Waals surface area contributed by atoms with E-state index in [1.54, 1.807) is 0 Å². The Morgan fingerprint density at radius 1 is 0.311 bits per heavy atom. The minimum atomic E-state index is -2.17. The number of carbonyl (C=O) groups is 1. The summed E-state index contributed by atoms with van der Waals surface area (Å²) >= 11 is 0. The van der Waals surface area contributed by atoms with Crippen LogP contribution in [0.3, 0.4) is 0 Å². The van der Waals surface area contributed by atoms with Crippen molar-refractivity contribution in [3.05, 3.63) is 0 Å². The number of aldehydes is 1. The van der Waals surface area contributed by atoms with Gasteiger partial charge in [-0.2, -0.15) is 0 Å². The zero-order valence-corrected chi connectivity index (χ0v) is 55.3. The van der Waals surface area contributed by atoms with E-state index < -0.39 is 310 Å². The Hall–Kier alpha value is -2.41. The number of aliphatic hydroxyl groups excluding tert-OH is 40. The lowest BCUT2D eigenvalue weighted by Gasteiger charge is -2.40. The van der Waals surface area contributed by atoms with Gasteiger partial charge in [-0.15, -0.1) is 0 Å².